The highest BCUT2D eigenvalue weighted by atomic mass is 16.5. The van der Waals surface area contributed by atoms with Crippen LogP contribution in [0.3, 0.4) is 0 Å². The molecule has 0 amide bonds. The molecule has 2 aromatic carbocycles. The van der Waals surface area contributed by atoms with Crippen molar-refractivity contribution in [1.82, 2.24) is 4.90 Å². The molecule has 2 aromatic rings. The van der Waals surface area contributed by atoms with Gasteiger partial charge in [0.05, 0.1) is 12.7 Å². The monoisotopic (exact) mass is 351 g/mol. The normalized spacial score (nSPS) is 20.7. The summed E-state index contributed by atoms with van der Waals surface area (Å²) in [7, 11) is 1.42. The zero-order valence-corrected chi connectivity index (χ0v) is 16.1. The molecule has 3 nitrogen and oxygen atoms in total. The molecule has 0 bridgehead atoms. The fourth-order valence-electron chi connectivity index (χ4n) is 3.92. The molecular weight excluding hydrogens is 322 g/mol. The van der Waals surface area contributed by atoms with Gasteiger partial charge in [-0.1, -0.05) is 43.3 Å². The zero-order chi connectivity index (χ0) is 18.5. The topological polar surface area (TPSA) is 29.5 Å². The number of rotatable bonds is 5. The van der Waals surface area contributed by atoms with Gasteiger partial charge in [-0.3, -0.25) is 4.90 Å². The van der Waals surface area contributed by atoms with E-state index in [1.165, 1.54) is 36.6 Å². The van der Waals surface area contributed by atoms with Gasteiger partial charge in [-0.05, 0) is 60.9 Å². The van der Waals surface area contributed by atoms with Crippen molar-refractivity contribution in [3.8, 4) is 0 Å². The molecule has 26 heavy (non-hydrogen) atoms. The molecule has 138 valence electrons. The molecule has 0 spiro atoms. The van der Waals surface area contributed by atoms with E-state index in [1.807, 2.05) is 12.1 Å². The standard InChI is InChI=1S/C23H29NO2/c1-17-8-13-22(14-21-7-5-4-6-18(21)2)24(15-17)16-19-9-11-20(12-10-19)23(25)26-3/h4-7,9-12,17,22H,8,13-16H2,1-3H3. The van der Waals surface area contributed by atoms with Gasteiger partial charge in [-0.15, -0.1) is 0 Å². The highest BCUT2D eigenvalue weighted by Gasteiger charge is 2.26. The molecule has 0 aromatic heterocycles. The van der Waals surface area contributed by atoms with E-state index in [9.17, 15) is 4.79 Å². The minimum absolute atomic E-state index is 0.277. The number of likely N-dealkylation sites (tertiary alicyclic amines) is 1. The van der Waals surface area contributed by atoms with Gasteiger partial charge in [0.25, 0.3) is 0 Å². The van der Waals surface area contributed by atoms with E-state index < -0.39 is 0 Å². The van der Waals surface area contributed by atoms with Crippen LogP contribution in [0.5, 0.6) is 0 Å². The van der Waals surface area contributed by atoms with Crippen LogP contribution < -0.4 is 0 Å². The van der Waals surface area contributed by atoms with E-state index in [-0.39, 0.29) is 5.97 Å². The first-order valence-corrected chi connectivity index (χ1v) is 9.52. The van der Waals surface area contributed by atoms with Crippen LogP contribution in [-0.4, -0.2) is 30.6 Å². The Labute approximate surface area is 157 Å². The van der Waals surface area contributed by atoms with Crippen molar-refractivity contribution >= 4 is 5.97 Å². The van der Waals surface area contributed by atoms with Crippen LogP contribution in [0.4, 0.5) is 0 Å². The second-order valence-electron chi connectivity index (χ2n) is 7.58. The molecule has 1 fully saturated rings. The lowest BCUT2D eigenvalue weighted by atomic mass is 9.89. The minimum atomic E-state index is -0.277. The maximum atomic E-state index is 11.6. The van der Waals surface area contributed by atoms with Gasteiger partial charge in [0.2, 0.25) is 0 Å². The number of ether oxygens (including phenoxy) is 1. The summed E-state index contributed by atoms with van der Waals surface area (Å²) in [4.78, 5) is 14.2. The van der Waals surface area contributed by atoms with Gasteiger partial charge < -0.3 is 4.74 Å². The predicted octanol–water partition coefficient (Wildman–Crippen LogP) is 4.62. The number of benzene rings is 2. The average molecular weight is 351 g/mol. The molecule has 0 N–H and O–H groups in total. The summed E-state index contributed by atoms with van der Waals surface area (Å²) in [6.45, 7) is 6.62. The van der Waals surface area contributed by atoms with E-state index in [0.29, 0.717) is 11.6 Å². The molecule has 0 radical (unpaired) electrons. The molecule has 3 rings (SSSR count). The van der Waals surface area contributed by atoms with Gasteiger partial charge in [-0.25, -0.2) is 4.79 Å². The molecule has 1 aliphatic heterocycles. The first kappa shape index (κ1) is 18.7. The lowest BCUT2D eigenvalue weighted by Crippen LogP contribution is -2.43. The Morgan fingerprint density at radius 3 is 2.54 bits per heavy atom. The highest BCUT2D eigenvalue weighted by molar-refractivity contribution is 5.89. The molecule has 1 saturated heterocycles. The van der Waals surface area contributed by atoms with Gasteiger partial charge in [-0.2, -0.15) is 0 Å². The number of hydrogen-bond donors (Lipinski definition) is 0. The number of hydrogen-bond acceptors (Lipinski definition) is 3. The van der Waals surface area contributed by atoms with Crippen molar-refractivity contribution < 1.29 is 9.53 Å². The smallest absolute Gasteiger partial charge is 0.337 e. The fraction of sp³-hybridized carbons (Fsp3) is 0.435. The number of esters is 1. The van der Waals surface area contributed by atoms with Crippen molar-refractivity contribution in [2.24, 2.45) is 5.92 Å². The summed E-state index contributed by atoms with van der Waals surface area (Å²) in [5, 5.41) is 0. The first-order chi connectivity index (χ1) is 12.6. The van der Waals surface area contributed by atoms with Crippen molar-refractivity contribution in [3.05, 3.63) is 70.8 Å². The molecule has 2 unspecified atom stereocenters. The van der Waals surface area contributed by atoms with E-state index in [2.05, 4.69) is 55.1 Å². The molecule has 2 atom stereocenters. The Hall–Kier alpha value is -2.13. The molecule has 1 heterocycles. The van der Waals surface area contributed by atoms with Crippen LogP contribution in [0.15, 0.2) is 48.5 Å². The Morgan fingerprint density at radius 2 is 1.85 bits per heavy atom. The van der Waals surface area contributed by atoms with E-state index in [0.717, 1.165) is 25.4 Å². The van der Waals surface area contributed by atoms with Crippen molar-refractivity contribution in [1.29, 1.82) is 0 Å². The molecule has 1 aliphatic rings. The van der Waals surface area contributed by atoms with Gasteiger partial charge in [0.15, 0.2) is 0 Å². The summed E-state index contributed by atoms with van der Waals surface area (Å²) >= 11 is 0. The first-order valence-electron chi connectivity index (χ1n) is 9.52. The maximum Gasteiger partial charge on any atom is 0.337 e. The molecule has 3 heteroatoms. The minimum Gasteiger partial charge on any atom is -0.465 e. The van der Waals surface area contributed by atoms with Crippen LogP contribution in [0, 0.1) is 12.8 Å². The third-order valence-corrected chi connectivity index (χ3v) is 5.53. The van der Waals surface area contributed by atoms with Crippen LogP contribution in [0.1, 0.15) is 46.8 Å². The Balaban J connectivity index is 1.72. The van der Waals surface area contributed by atoms with E-state index in [4.69, 9.17) is 4.74 Å². The number of carbonyl (C=O) groups is 1. The summed E-state index contributed by atoms with van der Waals surface area (Å²) in [6, 6.07) is 17.1. The van der Waals surface area contributed by atoms with Gasteiger partial charge in [0.1, 0.15) is 0 Å². The number of carbonyl (C=O) groups excluding carboxylic acids is 1. The second kappa shape index (κ2) is 8.50. The zero-order valence-electron chi connectivity index (χ0n) is 16.1. The Kier molecular flexibility index (Phi) is 6.10. The van der Waals surface area contributed by atoms with Crippen molar-refractivity contribution in [3.63, 3.8) is 0 Å². The Morgan fingerprint density at radius 1 is 1.12 bits per heavy atom. The van der Waals surface area contributed by atoms with Crippen LogP contribution in [0.25, 0.3) is 0 Å². The number of methoxy groups -OCH3 is 1. The summed E-state index contributed by atoms with van der Waals surface area (Å²) in [6.07, 6.45) is 3.66. The van der Waals surface area contributed by atoms with Crippen LogP contribution in [-0.2, 0) is 17.7 Å². The Bertz CT molecular complexity index is 738. The van der Waals surface area contributed by atoms with Crippen LogP contribution in [0.2, 0.25) is 0 Å². The number of nitrogens with zero attached hydrogens (tertiary/aromatic N) is 1. The third-order valence-electron chi connectivity index (χ3n) is 5.53. The predicted molar refractivity (Wildman–Crippen MR) is 105 cm³/mol. The SMILES string of the molecule is COC(=O)c1ccc(CN2CC(C)CCC2Cc2ccccc2C)cc1. The summed E-state index contributed by atoms with van der Waals surface area (Å²) < 4.78 is 4.79. The largest absolute Gasteiger partial charge is 0.465 e. The highest BCUT2D eigenvalue weighted by Crippen LogP contribution is 2.27. The van der Waals surface area contributed by atoms with Gasteiger partial charge >= 0.3 is 5.97 Å². The van der Waals surface area contributed by atoms with Crippen molar-refractivity contribution in [2.45, 2.75) is 45.7 Å². The van der Waals surface area contributed by atoms with Crippen molar-refractivity contribution in [2.75, 3.05) is 13.7 Å². The molecular formula is C23H29NO2. The van der Waals surface area contributed by atoms with E-state index >= 15 is 0 Å². The third kappa shape index (κ3) is 4.53. The average Bonchev–Trinajstić information content (AvgIpc) is 2.65. The molecule has 0 saturated carbocycles. The number of aryl methyl sites for hydroxylation is 1. The van der Waals surface area contributed by atoms with Gasteiger partial charge in [0, 0.05) is 19.1 Å². The van der Waals surface area contributed by atoms with Crippen LogP contribution >= 0.6 is 0 Å². The lowest BCUT2D eigenvalue weighted by molar-refractivity contribution is 0.0600. The quantitative estimate of drug-likeness (QED) is 0.736. The maximum absolute atomic E-state index is 11.6. The fourth-order valence-corrected chi connectivity index (χ4v) is 3.92. The number of piperidine rings is 1. The lowest BCUT2D eigenvalue weighted by Gasteiger charge is -2.39. The molecule has 0 aliphatic carbocycles. The van der Waals surface area contributed by atoms with E-state index in [1.54, 1.807) is 0 Å². The summed E-state index contributed by atoms with van der Waals surface area (Å²) in [5.74, 6) is 0.457. The second-order valence-corrected chi connectivity index (χ2v) is 7.58. The summed E-state index contributed by atoms with van der Waals surface area (Å²) in [5.41, 5.74) is 4.70.